The number of aliphatic hydroxyl groups excluding tert-OH is 5. The molecule has 8 heteroatoms. The minimum atomic E-state index is -1.48. The molecule has 2 aliphatic carbocycles. The monoisotopic (exact) mass is 418 g/mol. The lowest BCUT2D eigenvalue weighted by molar-refractivity contribution is -0.331. The first-order chi connectivity index (χ1) is 13.3. The van der Waals surface area contributed by atoms with Crippen LogP contribution in [0.15, 0.2) is 0 Å². The van der Waals surface area contributed by atoms with Crippen LogP contribution in [-0.2, 0) is 9.47 Å². The number of hydrogen-bond acceptors (Lipinski definition) is 8. The van der Waals surface area contributed by atoms with E-state index in [4.69, 9.17) is 9.47 Å². The molecule has 1 saturated heterocycles. The molecule has 0 aromatic rings. The zero-order chi connectivity index (χ0) is 21.8. The van der Waals surface area contributed by atoms with Crippen LogP contribution in [-0.4, -0.2) is 85.3 Å². The zero-order valence-electron chi connectivity index (χ0n) is 17.9. The van der Waals surface area contributed by atoms with Gasteiger partial charge in [0.1, 0.15) is 24.4 Å². The molecule has 1 heterocycles. The minimum Gasteiger partial charge on any atom is -0.394 e. The van der Waals surface area contributed by atoms with Gasteiger partial charge < -0.3 is 40.1 Å². The maximum Gasteiger partial charge on any atom is 0.187 e. The molecule has 8 nitrogen and oxygen atoms in total. The number of fused-ring (bicyclic) bond motifs is 1. The van der Waals surface area contributed by atoms with Gasteiger partial charge in [0.15, 0.2) is 6.29 Å². The predicted molar refractivity (Wildman–Crippen MR) is 104 cm³/mol. The van der Waals surface area contributed by atoms with Crippen LogP contribution in [0.5, 0.6) is 0 Å². The molecule has 3 rings (SSSR count). The Morgan fingerprint density at radius 3 is 2.31 bits per heavy atom. The third kappa shape index (κ3) is 4.36. The number of hydrogen-bond donors (Lipinski definition) is 6. The van der Waals surface area contributed by atoms with Crippen LogP contribution < -0.4 is 0 Å². The molecule has 0 aromatic carbocycles. The lowest BCUT2D eigenvalue weighted by Crippen LogP contribution is -2.61. The van der Waals surface area contributed by atoms with Crippen molar-refractivity contribution in [3.8, 4) is 0 Å². The summed E-state index contributed by atoms with van der Waals surface area (Å²) in [5, 5.41) is 60.9. The van der Waals surface area contributed by atoms with E-state index in [0.29, 0.717) is 19.3 Å². The quantitative estimate of drug-likeness (QED) is 0.372. The van der Waals surface area contributed by atoms with Crippen LogP contribution in [0, 0.1) is 17.3 Å². The first-order valence-electron chi connectivity index (χ1n) is 10.7. The van der Waals surface area contributed by atoms with E-state index < -0.39 is 54.6 Å². The second-order valence-electron chi connectivity index (χ2n) is 10.5. The van der Waals surface area contributed by atoms with Gasteiger partial charge in [-0.2, -0.15) is 0 Å². The van der Waals surface area contributed by atoms with Gasteiger partial charge in [-0.15, -0.1) is 0 Å². The molecule has 6 N–H and O–H groups in total. The van der Waals surface area contributed by atoms with E-state index in [9.17, 15) is 30.6 Å². The molecule has 2 saturated carbocycles. The van der Waals surface area contributed by atoms with E-state index in [1.807, 2.05) is 13.8 Å². The highest BCUT2D eigenvalue weighted by Crippen LogP contribution is 2.57. The van der Waals surface area contributed by atoms with Gasteiger partial charge >= 0.3 is 0 Å². The Labute approximate surface area is 172 Å². The molecule has 3 aliphatic rings. The highest BCUT2D eigenvalue weighted by Gasteiger charge is 2.56. The van der Waals surface area contributed by atoms with E-state index in [0.717, 1.165) is 12.8 Å². The maximum atomic E-state index is 11.0. The Bertz CT molecular complexity index is 579. The molecule has 3 fully saturated rings. The number of aliphatic hydroxyl groups is 6. The summed E-state index contributed by atoms with van der Waals surface area (Å²) in [7, 11) is 0. The van der Waals surface area contributed by atoms with Gasteiger partial charge in [-0.25, -0.2) is 0 Å². The first kappa shape index (κ1) is 23.3. The van der Waals surface area contributed by atoms with E-state index in [-0.39, 0.29) is 17.3 Å². The second-order valence-corrected chi connectivity index (χ2v) is 10.5. The van der Waals surface area contributed by atoms with E-state index >= 15 is 0 Å². The average molecular weight is 419 g/mol. The summed E-state index contributed by atoms with van der Waals surface area (Å²) in [6.45, 7) is 7.23. The van der Waals surface area contributed by atoms with Gasteiger partial charge in [0.25, 0.3) is 0 Å². The molecule has 0 radical (unpaired) electrons. The van der Waals surface area contributed by atoms with Crippen LogP contribution in [0.1, 0.15) is 59.8 Å². The topological polar surface area (TPSA) is 140 Å². The van der Waals surface area contributed by atoms with Crippen molar-refractivity contribution in [2.45, 2.75) is 108 Å². The summed E-state index contributed by atoms with van der Waals surface area (Å²) in [4.78, 5) is 0. The van der Waals surface area contributed by atoms with Crippen LogP contribution in [0.3, 0.4) is 0 Å². The highest BCUT2D eigenvalue weighted by molar-refractivity contribution is 5.05. The molecule has 29 heavy (non-hydrogen) atoms. The Hall–Kier alpha value is -0.320. The smallest absolute Gasteiger partial charge is 0.187 e. The lowest BCUT2D eigenvalue weighted by Gasteiger charge is -2.57. The van der Waals surface area contributed by atoms with Crippen molar-refractivity contribution in [3.63, 3.8) is 0 Å². The number of ether oxygens (including phenoxy) is 2. The third-order valence-corrected chi connectivity index (χ3v) is 7.78. The molecule has 10 atom stereocenters. The normalized spacial score (nSPS) is 51.5. The average Bonchev–Trinajstić information content (AvgIpc) is 2.60. The van der Waals surface area contributed by atoms with E-state index in [1.165, 1.54) is 0 Å². The van der Waals surface area contributed by atoms with Crippen LogP contribution in [0.25, 0.3) is 0 Å². The summed E-state index contributed by atoms with van der Waals surface area (Å²) in [5.74, 6) is 0.0736. The summed E-state index contributed by atoms with van der Waals surface area (Å²) >= 11 is 0. The van der Waals surface area contributed by atoms with Gasteiger partial charge in [-0.05, 0) is 63.7 Å². The maximum absolute atomic E-state index is 11.0. The van der Waals surface area contributed by atoms with E-state index in [2.05, 4.69) is 6.92 Å². The van der Waals surface area contributed by atoms with Crippen LogP contribution in [0.4, 0.5) is 0 Å². The third-order valence-electron chi connectivity index (χ3n) is 7.78. The molecular weight excluding hydrogens is 380 g/mol. The molecule has 0 bridgehead atoms. The predicted octanol–water partition coefficient (Wildman–Crippen LogP) is -0.0902. The van der Waals surface area contributed by atoms with Crippen molar-refractivity contribution >= 4 is 0 Å². The van der Waals surface area contributed by atoms with Crippen molar-refractivity contribution in [3.05, 3.63) is 0 Å². The van der Waals surface area contributed by atoms with Gasteiger partial charge in [0, 0.05) is 6.42 Å². The van der Waals surface area contributed by atoms with Gasteiger partial charge in [0.05, 0.1) is 23.9 Å². The SMILES string of the molecule is CC(C)(O[C@@H]1O[C@H](CO)[C@@H](O)[C@H](O)[C@H]1O)[C@H]1CC[C@]2(C)C[C@@H](O)C[C@](C)(O)[C@H]2C1. The summed E-state index contributed by atoms with van der Waals surface area (Å²) in [5.41, 5.74) is -1.84. The zero-order valence-corrected chi connectivity index (χ0v) is 17.9. The largest absolute Gasteiger partial charge is 0.394 e. The van der Waals surface area contributed by atoms with Gasteiger partial charge in [-0.3, -0.25) is 0 Å². The standard InChI is InChI=1S/C21H38O8/c1-19(2,29-18-17(26)16(25)15(24)13(10-22)28-18)11-5-6-20(3)8-12(23)9-21(4,27)14(20)7-11/h11-18,22-27H,5-10H2,1-4H3/t11-,12+,13+,14-,15+,16-,17+,18-,20+,21-/m0/s1. The van der Waals surface area contributed by atoms with Gasteiger partial charge in [-0.1, -0.05) is 6.92 Å². The second kappa shape index (κ2) is 7.98. The van der Waals surface area contributed by atoms with Crippen molar-refractivity contribution in [2.75, 3.05) is 6.61 Å². The van der Waals surface area contributed by atoms with Crippen molar-refractivity contribution in [1.29, 1.82) is 0 Å². The molecule has 1 aliphatic heterocycles. The molecule has 0 aromatic heterocycles. The minimum absolute atomic E-state index is 0.00910. The molecule has 0 spiro atoms. The summed E-state index contributed by atoms with van der Waals surface area (Å²) in [6, 6.07) is 0. The van der Waals surface area contributed by atoms with Crippen LogP contribution in [0.2, 0.25) is 0 Å². The number of rotatable bonds is 4. The first-order valence-corrected chi connectivity index (χ1v) is 10.7. The summed E-state index contributed by atoms with van der Waals surface area (Å²) < 4.78 is 11.6. The molecular formula is C21H38O8. The lowest BCUT2D eigenvalue weighted by atomic mass is 9.51. The van der Waals surface area contributed by atoms with Crippen molar-refractivity contribution in [2.24, 2.45) is 17.3 Å². The summed E-state index contributed by atoms with van der Waals surface area (Å²) in [6.07, 6.45) is -3.60. The van der Waals surface area contributed by atoms with E-state index in [1.54, 1.807) is 6.92 Å². The van der Waals surface area contributed by atoms with Gasteiger partial charge in [0.2, 0.25) is 0 Å². The molecule has 0 unspecified atom stereocenters. The molecule has 170 valence electrons. The Balaban J connectivity index is 1.73. The fourth-order valence-corrected chi connectivity index (χ4v) is 6.04. The Kier molecular flexibility index (Phi) is 6.43. The van der Waals surface area contributed by atoms with Crippen molar-refractivity contribution in [1.82, 2.24) is 0 Å². The molecule has 0 amide bonds. The highest BCUT2D eigenvalue weighted by atomic mass is 16.7. The van der Waals surface area contributed by atoms with Crippen LogP contribution >= 0.6 is 0 Å². The fourth-order valence-electron chi connectivity index (χ4n) is 6.04. The Morgan fingerprint density at radius 1 is 1.03 bits per heavy atom. The Morgan fingerprint density at radius 2 is 1.69 bits per heavy atom. The fraction of sp³-hybridized carbons (Fsp3) is 1.00. The van der Waals surface area contributed by atoms with Crippen molar-refractivity contribution < 1.29 is 40.1 Å².